The molecular weight excluding hydrogens is 198 g/mol. The number of nitrogens with zero attached hydrogens (tertiary/aromatic N) is 1. The summed E-state index contributed by atoms with van der Waals surface area (Å²) in [6, 6.07) is 0. The van der Waals surface area contributed by atoms with Crippen LogP contribution in [0.5, 0.6) is 0 Å². The van der Waals surface area contributed by atoms with Crippen LogP contribution in [0.2, 0.25) is 0 Å². The molecule has 1 unspecified atom stereocenters. The summed E-state index contributed by atoms with van der Waals surface area (Å²) in [6.07, 6.45) is 0.0252. The van der Waals surface area contributed by atoms with Gasteiger partial charge in [-0.05, 0) is 13.8 Å². The highest BCUT2D eigenvalue weighted by atomic mass is 16.5. The summed E-state index contributed by atoms with van der Waals surface area (Å²) in [7, 11) is 0. The molecule has 0 aliphatic carbocycles. The monoisotopic (exact) mass is 217 g/mol. The number of hydrogen-bond donors (Lipinski definition) is 3. The summed E-state index contributed by atoms with van der Waals surface area (Å²) >= 11 is 0. The Kier molecular flexibility index (Phi) is 6.44. The van der Waals surface area contributed by atoms with Crippen LogP contribution in [0.3, 0.4) is 0 Å². The molecule has 0 rings (SSSR count). The van der Waals surface area contributed by atoms with Crippen molar-refractivity contribution in [3.05, 3.63) is 0 Å². The zero-order chi connectivity index (χ0) is 11.8. The van der Waals surface area contributed by atoms with Crippen molar-refractivity contribution in [3.8, 4) is 0 Å². The molecule has 6 nitrogen and oxygen atoms in total. The fourth-order valence-electron chi connectivity index (χ4n) is 0.763. The van der Waals surface area contributed by atoms with Crippen LogP contribution in [-0.2, 0) is 9.53 Å². The third-order valence-corrected chi connectivity index (χ3v) is 1.77. The first-order valence-electron chi connectivity index (χ1n) is 4.83. The van der Waals surface area contributed by atoms with E-state index in [1.807, 2.05) is 13.8 Å². The minimum Gasteiger partial charge on any atom is -0.409 e. The van der Waals surface area contributed by atoms with Crippen molar-refractivity contribution in [2.75, 3.05) is 13.2 Å². The van der Waals surface area contributed by atoms with E-state index in [4.69, 9.17) is 15.7 Å². The van der Waals surface area contributed by atoms with Crippen LogP contribution < -0.4 is 11.1 Å². The van der Waals surface area contributed by atoms with Crippen molar-refractivity contribution >= 4 is 11.7 Å². The molecule has 0 spiro atoms. The fraction of sp³-hybridized carbons (Fsp3) is 0.778. The first-order chi connectivity index (χ1) is 6.97. The molecule has 0 fully saturated rings. The summed E-state index contributed by atoms with van der Waals surface area (Å²) in [5.41, 5.74) is 5.34. The van der Waals surface area contributed by atoms with E-state index >= 15 is 0 Å². The molecule has 6 heteroatoms. The summed E-state index contributed by atoms with van der Waals surface area (Å²) in [6.45, 7) is 5.81. The van der Waals surface area contributed by atoms with E-state index in [1.54, 1.807) is 6.92 Å². The minimum absolute atomic E-state index is 0.0252. The molecule has 1 atom stereocenters. The lowest BCUT2D eigenvalue weighted by molar-refractivity contribution is -0.127. The molecule has 0 bridgehead atoms. The van der Waals surface area contributed by atoms with Gasteiger partial charge >= 0.3 is 0 Å². The Bertz CT molecular complexity index is 229. The number of hydrogen-bond acceptors (Lipinski definition) is 4. The number of amides is 1. The molecule has 0 aromatic heterocycles. The third kappa shape index (κ3) is 6.73. The maximum Gasteiger partial charge on any atom is 0.246 e. The van der Waals surface area contributed by atoms with Gasteiger partial charge in [0, 0.05) is 12.5 Å². The van der Waals surface area contributed by atoms with E-state index in [1.165, 1.54) is 0 Å². The van der Waals surface area contributed by atoms with E-state index in [0.29, 0.717) is 6.54 Å². The van der Waals surface area contributed by atoms with E-state index < -0.39 is 0 Å². The molecule has 88 valence electrons. The zero-order valence-electron chi connectivity index (χ0n) is 9.36. The molecule has 0 heterocycles. The summed E-state index contributed by atoms with van der Waals surface area (Å²) in [5, 5.41) is 13.8. The molecule has 0 aliphatic rings. The quantitative estimate of drug-likeness (QED) is 0.251. The maximum absolute atomic E-state index is 11.2. The Balaban J connectivity index is 3.71. The van der Waals surface area contributed by atoms with Gasteiger partial charge in [-0.15, -0.1) is 0 Å². The second-order valence-corrected chi connectivity index (χ2v) is 3.59. The van der Waals surface area contributed by atoms with Crippen LogP contribution in [-0.4, -0.2) is 36.2 Å². The SMILES string of the molecule is CC(C)OCC(=O)NCC(C)C(N)=NO. The van der Waals surface area contributed by atoms with Gasteiger partial charge in [0.05, 0.1) is 6.10 Å². The van der Waals surface area contributed by atoms with Gasteiger partial charge in [0.15, 0.2) is 0 Å². The largest absolute Gasteiger partial charge is 0.409 e. The second-order valence-electron chi connectivity index (χ2n) is 3.59. The predicted octanol–water partition coefficient (Wildman–Crippen LogP) is -0.0899. The highest BCUT2D eigenvalue weighted by Gasteiger charge is 2.09. The van der Waals surface area contributed by atoms with Crippen LogP contribution >= 0.6 is 0 Å². The van der Waals surface area contributed by atoms with Crippen LogP contribution in [0.4, 0.5) is 0 Å². The van der Waals surface area contributed by atoms with Gasteiger partial charge in [-0.2, -0.15) is 0 Å². The summed E-state index contributed by atoms with van der Waals surface area (Å²) in [5.74, 6) is -0.306. The van der Waals surface area contributed by atoms with Crippen LogP contribution in [0.1, 0.15) is 20.8 Å². The lowest BCUT2D eigenvalue weighted by atomic mass is 10.1. The average Bonchev–Trinajstić information content (AvgIpc) is 2.21. The summed E-state index contributed by atoms with van der Waals surface area (Å²) in [4.78, 5) is 11.2. The van der Waals surface area contributed by atoms with Gasteiger partial charge in [-0.1, -0.05) is 12.1 Å². The van der Waals surface area contributed by atoms with Gasteiger partial charge in [0.1, 0.15) is 12.4 Å². The van der Waals surface area contributed by atoms with Gasteiger partial charge in [0.2, 0.25) is 5.91 Å². The van der Waals surface area contributed by atoms with Gasteiger partial charge in [-0.25, -0.2) is 0 Å². The molecule has 4 N–H and O–H groups in total. The predicted molar refractivity (Wildman–Crippen MR) is 56.7 cm³/mol. The van der Waals surface area contributed by atoms with E-state index in [2.05, 4.69) is 10.5 Å². The minimum atomic E-state index is -0.207. The molecule has 1 amide bonds. The molecule has 0 saturated heterocycles. The van der Waals surface area contributed by atoms with E-state index in [9.17, 15) is 4.79 Å². The Hall–Kier alpha value is -1.30. The molecule has 0 aromatic carbocycles. The number of carbonyl (C=O) groups excluding carboxylic acids is 1. The highest BCUT2D eigenvalue weighted by Crippen LogP contribution is 1.92. The third-order valence-electron chi connectivity index (χ3n) is 1.77. The Morgan fingerprint density at radius 3 is 2.60 bits per heavy atom. The Labute approximate surface area is 89.5 Å². The highest BCUT2D eigenvalue weighted by molar-refractivity contribution is 5.83. The molecule has 0 aliphatic heterocycles. The van der Waals surface area contributed by atoms with E-state index in [0.717, 1.165) is 0 Å². The number of nitrogens with one attached hydrogen (secondary N) is 1. The molecule has 0 radical (unpaired) electrons. The number of amidine groups is 1. The van der Waals surface area contributed by atoms with Crippen molar-refractivity contribution in [2.45, 2.75) is 26.9 Å². The molecule has 15 heavy (non-hydrogen) atoms. The second kappa shape index (κ2) is 7.05. The Morgan fingerprint density at radius 1 is 1.53 bits per heavy atom. The van der Waals surface area contributed by atoms with Crippen molar-refractivity contribution in [2.24, 2.45) is 16.8 Å². The Morgan fingerprint density at radius 2 is 2.13 bits per heavy atom. The number of rotatable bonds is 6. The number of oxime groups is 1. The van der Waals surface area contributed by atoms with Crippen LogP contribution in [0.15, 0.2) is 5.16 Å². The lowest BCUT2D eigenvalue weighted by Crippen LogP contribution is -2.36. The van der Waals surface area contributed by atoms with Crippen molar-refractivity contribution in [3.63, 3.8) is 0 Å². The van der Waals surface area contributed by atoms with Crippen molar-refractivity contribution < 1.29 is 14.7 Å². The lowest BCUT2D eigenvalue weighted by Gasteiger charge is -2.12. The smallest absolute Gasteiger partial charge is 0.246 e. The first kappa shape index (κ1) is 13.7. The first-order valence-corrected chi connectivity index (χ1v) is 4.83. The number of nitrogens with two attached hydrogens (primary N) is 1. The van der Waals surface area contributed by atoms with Crippen LogP contribution in [0.25, 0.3) is 0 Å². The van der Waals surface area contributed by atoms with Crippen molar-refractivity contribution in [1.82, 2.24) is 5.32 Å². The maximum atomic E-state index is 11.2. The number of carbonyl (C=O) groups is 1. The normalized spacial score (nSPS) is 14.0. The topological polar surface area (TPSA) is 96.9 Å². The molecule has 0 aromatic rings. The zero-order valence-corrected chi connectivity index (χ0v) is 9.36. The molecule has 0 saturated carbocycles. The number of ether oxygens (including phenoxy) is 1. The van der Waals surface area contributed by atoms with Gasteiger partial charge in [0.25, 0.3) is 0 Å². The van der Waals surface area contributed by atoms with E-state index in [-0.39, 0.29) is 30.4 Å². The van der Waals surface area contributed by atoms with Crippen molar-refractivity contribution in [1.29, 1.82) is 0 Å². The molecular formula is C9H19N3O3. The van der Waals surface area contributed by atoms with Crippen LogP contribution in [0, 0.1) is 5.92 Å². The van der Waals surface area contributed by atoms with Gasteiger partial charge in [-0.3, -0.25) is 4.79 Å². The fourth-order valence-corrected chi connectivity index (χ4v) is 0.763. The standard InChI is InChI=1S/C9H19N3O3/c1-6(2)15-5-8(13)11-4-7(3)9(10)12-14/h6-7,14H,4-5H2,1-3H3,(H2,10,12)(H,11,13). The summed E-state index contributed by atoms with van der Waals surface area (Å²) < 4.78 is 5.10. The van der Waals surface area contributed by atoms with Gasteiger partial charge < -0.3 is 21.0 Å². The average molecular weight is 217 g/mol.